The molecule has 1 aliphatic heterocycles. The van der Waals surface area contributed by atoms with Gasteiger partial charge in [0.2, 0.25) is 0 Å². The fourth-order valence-corrected chi connectivity index (χ4v) is 3.80. The van der Waals surface area contributed by atoms with Crippen molar-refractivity contribution < 1.29 is 9.53 Å². The maximum Gasteiger partial charge on any atom is 0.253 e. The van der Waals surface area contributed by atoms with E-state index in [4.69, 9.17) is 4.74 Å². The van der Waals surface area contributed by atoms with Crippen molar-refractivity contribution in [3.05, 3.63) is 66.4 Å². The molecule has 0 saturated carbocycles. The first-order chi connectivity index (χ1) is 13.7. The van der Waals surface area contributed by atoms with Crippen molar-refractivity contribution in [1.82, 2.24) is 9.88 Å². The van der Waals surface area contributed by atoms with Crippen LogP contribution in [0.2, 0.25) is 0 Å². The molecular weight excluding hydrogens is 348 g/mol. The van der Waals surface area contributed by atoms with E-state index in [1.165, 1.54) is 6.42 Å². The minimum atomic E-state index is 0.0623. The van der Waals surface area contributed by atoms with Crippen molar-refractivity contribution >= 4 is 16.8 Å². The number of aromatic nitrogens is 1. The summed E-state index contributed by atoms with van der Waals surface area (Å²) in [5.74, 6) is 0.0623. The standard InChI is InChI=1S/C24H26N2O2/c1-2-26(17-22-11-5-6-13-28-22)24(27)20-10-7-9-18(14-20)21-15-19-8-3-4-12-23(19)25-16-21/h3-4,7-10,12,14-16,22H,2,5-6,11,13,17H2,1H3. The van der Waals surface area contributed by atoms with Crippen LogP contribution in [0.1, 0.15) is 36.5 Å². The topological polar surface area (TPSA) is 42.4 Å². The lowest BCUT2D eigenvalue weighted by Crippen LogP contribution is -2.39. The van der Waals surface area contributed by atoms with Gasteiger partial charge in [-0.25, -0.2) is 0 Å². The second kappa shape index (κ2) is 8.53. The molecule has 0 aliphatic carbocycles. The number of benzene rings is 2. The van der Waals surface area contributed by atoms with Gasteiger partial charge in [0.05, 0.1) is 11.6 Å². The largest absolute Gasteiger partial charge is 0.376 e. The van der Waals surface area contributed by atoms with Gasteiger partial charge in [-0.05, 0) is 56.0 Å². The summed E-state index contributed by atoms with van der Waals surface area (Å²) in [6.45, 7) is 4.18. The van der Waals surface area contributed by atoms with Crippen molar-refractivity contribution in [3.8, 4) is 11.1 Å². The van der Waals surface area contributed by atoms with E-state index < -0.39 is 0 Å². The number of para-hydroxylation sites is 1. The molecule has 3 aromatic rings. The summed E-state index contributed by atoms with van der Waals surface area (Å²) < 4.78 is 5.83. The molecule has 144 valence electrons. The van der Waals surface area contributed by atoms with Crippen LogP contribution in [0.4, 0.5) is 0 Å². The second-order valence-corrected chi connectivity index (χ2v) is 7.33. The van der Waals surface area contributed by atoms with Crippen LogP contribution in [0.3, 0.4) is 0 Å². The van der Waals surface area contributed by atoms with Crippen LogP contribution in [0.25, 0.3) is 22.0 Å². The van der Waals surface area contributed by atoms with Crippen molar-refractivity contribution in [2.45, 2.75) is 32.3 Å². The molecule has 1 fully saturated rings. The highest BCUT2D eigenvalue weighted by atomic mass is 16.5. The summed E-state index contributed by atoms with van der Waals surface area (Å²) >= 11 is 0. The lowest BCUT2D eigenvalue weighted by atomic mass is 10.0. The molecule has 0 N–H and O–H groups in total. The molecule has 0 bridgehead atoms. The van der Waals surface area contributed by atoms with Gasteiger partial charge in [0, 0.05) is 42.4 Å². The Morgan fingerprint density at radius 2 is 2.00 bits per heavy atom. The molecule has 2 heterocycles. The number of hydrogen-bond donors (Lipinski definition) is 0. The van der Waals surface area contributed by atoms with Gasteiger partial charge in [0.25, 0.3) is 5.91 Å². The predicted octanol–water partition coefficient (Wildman–Crippen LogP) is 4.93. The zero-order chi connectivity index (χ0) is 19.3. The van der Waals surface area contributed by atoms with E-state index in [0.29, 0.717) is 18.7 Å². The number of nitrogens with zero attached hydrogens (tertiary/aromatic N) is 2. The molecule has 1 saturated heterocycles. The Labute approximate surface area is 166 Å². The Kier molecular flexibility index (Phi) is 5.68. The number of pyridine rings is 1. The van der Waals surface area contributed by atoms with E-state index in [2.05, 4.69) is 17.1 Å². The summed E-state index contributed by atoms with van der Waals surface area (Å²) in [5, 5.41) is 1.10. The van der Waals surface area contributed by atoms with Crippen molar-refractivity contribution in [2.24, 2.45) is 0 Å². The number of likely N-dealkylation sites (N-methyl/N-ethyl adjacent to an activating group) is 1. The molecule has 1 unspecified atom stereocenters. The summed E-state index contributed by atoms with van der Waals surface area (Å²) in [6, 6.07) is 18.0. The number of ether oxygens (including phenoxy) is 1. The van der Waals surface area contributed by atoms with Crippen molar-refractivity contribution in [1.29, 1.82) is 0 Å². The third-order valence-electron chi connectivity index (χ3n) is 5.40. The first-order valence-corrected chi connectivity index (χ1v) is 10.1. The fraction of sp³-hybridized carbons (Fsp3) is 0.333. The monoisotopic (exact) mass is 374 g/mol. The van der Waals surface area contributed by atoms with E-state index in [1.54, 1.807) is 0 Å². The molecule has 4 nitrogen and oxygen atoms in total. The van der Waals surface area contributed by atoms with Crippen LogP contribution in [-0.4, -0.2) is 41.6 Å². The Morgan fingerprint density at radius 1 is 1.11 bits per heavy atom. The first-order valence-electron chi connectivity index (χ1n) is 10.1. The van der Waals surface area contributed by atoms with Gasteiger partial charge in [0.1, 0.15) is 0 Å². The van der Waals surface area contributed by atoms with Gasteiger partial charge in [-0.3, -0.25) is 9.78 Å². The van der Waals surface area contributed by atoms with Crippen LogP contribution in [0.15, 0.2) is 60.8 Å². The zero-order valence-electron chi connectivity index (χ0n) is 16.3. The molecule has 2 aromatic carbocycles. The maximum absolute atomic E-state index is 13.1. The van der Waals surface area contributed by atoms with E-state index in [1.807, 2.05) is 60.5 Å². The van der Waals surface area contributed by atoms with Gasteiger partial charge in [0.15, 0.2) is 0 Å². The number of fused-ring (bicyclic) bond motifs is 1. The zero-order valence-corrected chi connectivity index (χ0v) is 16.3. The molecule has 0 radical (unpaired) electrons. The maximum atomic E-state index is 13.1. The Morgan fingerprint density at radius 3 is 2.82 bits per heavy atom. The summed E-state index contributed by atoms with van der Waals surface area (Å²) in [7, 11) is 0. The average Bonchev–Trinajstić information content (AvgIpc) is 2.77. The molecule has 0 spiro atoms. The predicted molar refractivity (Wildman–Crippen MR) is 112 cm³/mol. The van der Waals surface area contributed by atoms with Gasteiger partial charge >= 0.3 is 0 Å². The average molecular weight is 374 g/mol. The van der Waals surface area contributed by atoms with Crippen molar-refractivity contribution in [3.63, 3.8) is 0 Å². The molecule has 4 heteroatoms. The molecule has 4 rings (SSSR count). The molecule has 1 aromatic heterocycles. The summed E-state index contributed by atoms with van der Waals surface area (Å²) in [6.07, 6.45) is 5.37. The van der Waals surface area contributed by atoms with E-state index >= 15 is 0 Å². The lowest BCUT2D eigenvalue weighted by molar-refractivity contribution is -0.00311. The minimum absolute atomic E-state index is 0.0623. The quantitative estimate of drug-likeness (QED) is 0.636. The number of amides is 1. The first kappa shape index (κ1) is 18.6. The Balaban J connectivity index is 1.56. The van der Waals surface area contributed by atoms with E-state index in [9.17, 15) is 4.79 Å². The number of carbonyl (C=O) groups excluding carboxylic acids is 1. The summed E-state index contributed by atoms with van der Waals surface area (Å²) in [5.41, 5.74) is 3.72. The number of hydrogen-bond acceptors (Lipinski definition) is 3. The van der Waals surface area contributed by atoms with E-state index in [-0.39, 0.29) is 12.0 Å². The van der Waals surface area contributed by atoms with Crippen molar-refractivity contribution in [2.75, 3.05) is 19.7 Å². The molecule has 1 amide bonds. The highest BCUT2D eigenvalue weighted by Gasteiger charge is 2.21. The van der Waals surface area contributed by atoms with Gasteiger partial charge in [-0.1, -0.05) is 30.3 Å². The molecule has 1 atom stereocenters. The normalized spacial score (nSPS) is 16.8. The SMILES string of the molecule is CCN(CC1CCCCO1)C(=O)c1cccc(-c2cnc3ccccc3c2)c1. The van der Waals surface area contributed by atoms with Crippen LogP contribution in [-0.2, 0) is 4.74 Å². The van der Waals surface area contributed by atoms with E-state index in [0.717, 1.165) is 41.5 Å². The summed E-state index contributed by atoms with van der Waals surface area (Å²) in [4.78, 5) is 19.5. The number of rotatable bonds is 5. The third kappa shape index (κ3) is 4.07. The third-order valence-corrected chi connectivity index (χ3v) is 5.40. The van der Waals surface area contributed by atoms with Crippen LogP contribution in [0.5, 0.6) is 0 Å². The fourth-order valence-electron chi connectivity index (χ4n) is 3.80. The second-order valence-electron chi connectivity index (χ2n) is 7.33. The molecule has 28 heavy (non-hydrogen) atoms. The van der Waals surface area contributed by atoms with Crippen LogP contribution < -0.4 is 0 Å². The van der Waals surface area contributed by atoms with Gasteiger partial charge in [-0.2, -0.15) is 0 Å². The molecule has 1 aliphatic rings. The lowest BCUT2D eigenvalue weighted by Gasteiger charge is -2.29. The Bertz CT molecular complexity index is 963. The van der Waals surface area contributed by atoms with Gasteiger partial charge in [-0.15, -0.1) is 0 Å². The Hall–Kier alpha value is -2.72. The van der Waals surface area contributed by atoms with Crippen LogP contribution in [0, 0.1) is 0 Å². The minimum Gasteiger partial charge on any atom is -0.376 e. The smallest absolute Gasteiger partial charge is 0.253 e. The number of carbonyl (C=O) groups is 1. The molecular formula is C24H26N2O2. The van der Waals surface area contributed by atoms with Gasteiger partial charge < -0.3 is 9.64 Å². The highest BCUT2D eigenvalue weighted by molar-refractivity contribution is 5.95. The van der Waals surface area contributed by atoms with Crippen LogP contribution >= 0.6 is 0 Å². The highest BCUT2D eigenvalue weighted by Crippen LogP contribution is 2.24.